The average molecular weight is 286 g/mol. The van der Waals surface area contributed by atoms with Crippen LogP contribution in [0.3, 0.4) is 0 Å². The maximum Gasteiger partial charge on any atom is 0.408 e. The van der Waals surface area contributed by atoms with Gasteiger partial charge in [-0.05, 0) is 40.5 Å². The number of carbonyl (C=O) groups excluding carboxylic acids is 2. The number of carboxylic acid groups (broad SMARTS) is 1. The van der Waals surface area contributed by atoms with E-state index in [1.165, 1.54) is 11.8 Å². The quantitative estimate of drug-likeness (QED) is 0.806. The Hall–Kier alpha value is -1.79. The molecule has 1 rings (SSSR count). The van der Waals surface area contributed by atoms with Crippen molar-refractivity contribution in [2.45, 2.75) is 58.2 Å². The van der Waals surface area contributed by atoms with Crippen LogP contribution in [0.15, 0.2) is 0 Å². The van der Waals surface area contributed by atoms with Crippen molar-refractivity contribution in [2.75, 3.05) is 6.54 Å². The minimum atomic E-state index is -1.01. The van der Waals surface area contributed by atoms with E-state index in [9.17, 15) is 14.4 Å². The molecule has 2 N–H and O–H groups in total. The van der Waals surface area contributed by atoms with Crippen molar-refractivity contribution < 1.29 is 24.2 Å². The lowest BCUT2D eigenvalue weighted by molar-refractivity contribution is -0.148. The fraction of sp³-hybridized carbons (Fsp3) is 0.769. The number of likely N-dealkylation sites (tertiary alicyclic amines) is 1. The van der Waals surface area contributed by atoms with Crippen LogP contribution in [0, 0.1) is 0 Å². The largest absolute Gasteiger partial charge is 0.480 e. The van der Waals surface area contributed by atoms with E-state index < -0.39 is 35.7 Å². The van der Waals surface area contributed by atoms with Crippen LogP contribution in [0.2, 0.25) is 0 Å². The summed E-state index contributed by atoms with van der Waals surface area (Å²) in [6.45, 7) is 7.08. The molecule has 0 radical (unpaired) electrons. The molecule has 0 saturated carbocycles. The van der Waals surface area contributed by atoms with Crippen LogP contribution < -0.4 is 5.32 Å². The smallest absolute Gasteiger partial charge is 0.408 e. The highest BCUT2D eigenvalue weighted by molar-refractivity contribution is 5.89. The summed E-state index contributed by atoms with van der Waals surface area (Å²) in [4.78, 5) is 36.1. The molecule has 1 heterocycles. The second kappa shape index (κ2) is 6.11. The standard InChI is InChI=1S/C13H22N2O5/c1-8(14-12(19)20-13(2,3)4)10(16)15-7-5-6-9(15)11(17)18/h8-9H,5-7H2,1-4H3,(H,14,19)(H,17,18)/t8?,9-/m0/s1. The van der Waals surface area contributed by atoms with Gasteiger partial charge in [0.05, 0.1) is 0 Å². The molecule has 0 aromatic carbocycles. The molecule has 20 heavy (non-hydrogen) atoms. The fourth-order valence-electron chi connectivity index (χ4n) is 2.08. The van der Waals surface area contributed by atoms with Crippen molar-refractivity contribution >= 4 is 18.0 Å². The van der Waals surface area contributed by atoms with Crippen LogP contribution in [0.1, 0.15) is 40.5 Å². The van der Waals surface area contributed by atoms with Gasteiger partial charge in [-0.15, -0.1) is 0 Å². The fourth-order valence-corrected chi connectivity index (χ4v) is 2.08. The van der Waals surface area contributed by atoms with E-state index in [4.69, 9.17) is 9.84 Å². The summed E-state index contributed by atoms with van der Waals surface area (Å²) in [6, 6.07) is -1.62. The van der Waals surface area contributed by atoms with E-state index in [-0.39, 0.29) is 0 Å². The molecule has 0 aromatic heterocycles. The highest BCUT2D eigenvalue weighted by Gasteiger charge is 2.36. The number of carboxylic acids is 1. The Labute approximate surface area is 118 Å². The van der Waals surface area contributed by atoms with Crippen molar-refractivity contribution in [2.24, 2.45) is 0 Å². The van der Waals surface area contributed by atoms with Gasteiger partial charge in [0.25, 0.3) is 0 Å². The van der Waals surface area contributed by atoms with E-state index in [1.54, 1.807) is 20.8 Å². The van der Waals surface area contributed by atoms with Crippen LogP contribution in [0.5, 0.6) is 0 Å². The molecule has 1 unspecified atom stereocenters. The molecule has 1 saturated heterocycles. The summed E-state index contributed by atoms with van der Waals surface area (Å²) in [5.74, 6) is -1.42. The van der Waals surface area contributed by atoms with Crippen LogP contribution >= 0.6 is 0 Å². The van der Waals surface area contributed by atoms with E-state index in [0.717, 1.165) is 0 Å². The lowest BCUT2D eigenvalue weighted by Gasteiger charge is -2.26. The van der Waals surface area contributed by atoms with Crippen molar-refractivity contribution in [3.8, 4) is 0 Å². The molecule has 7 heteroatoms. The highest BCUT2D eigenvalue weighted by Crippen LogP contribution is 2.18. The first kappa shape index (κ1) is 16.3. The van der Waals surface area contributed by atoms with Gasteiger partial charge in [0, 0.05) is 6.54 Å². The lowest BCUT2D eigenvalue weighted by Crippen LogP contribution is -2.51. The summed E-state index contributed by atoms with van der Waals surface area (Å²) >= 11 is 0. The first-order valence-electron chi connectivity index (χ1n) is 6.64. The van der Waals surface area contributed by atoms with Crippen molar-refractivity contribution in [3.05, 3.63) is 0 Å². The summed E-state index contributed by atoms with van der Waals surface area (Å²) in [7, 11) is 0. The first-order chi connectivity index (χ1) is 9.11. The molecule has 0 spiro atoms. The van der Waals surface area contributed by atoms with Crippen LogP contribution in [0.4, 0.5) is 4.79 Å². The summed E-state index contributed by atoms with van der Waals surface area (Å²) < 4.78 is 5.06. The summed E-state index contributed by atoms with van der Waals surface area (Å²) in [6.07, 6.45) is 0.409. The van der Waals surface area contributed by atoms with Gasteiger partial charge >= 0.3 is 12.1 Å². The number of alkyl carbamates (subject to hydrolysis) is 1. The summed E-state index contributed by atoms with van der Waals surface area (Å²) in [5, 5.41) is 11.5. The minimum Gasteiger partial charge on any atom is -0.480 e. The average Bonchev–Trinajstić information content (AvgIpc) is 2.73. The second-order valence-corrected chi connectivity index (χ2v) is 5.90. The van der Waals surface area contributed by atoms with E-state index in [0.29, 0.717) is 19.4 Å². The van der Waals surface area contributed by atoms with Crippen LogP contribution in [0.25, 0.3) is 0 Å². The predicted octanol–water partition coefficient (Wildman–Crippen LogP) is 0.975. The van der Waals surface area contributed by atoms with Crippen molar-refractivity contribution in [1.29, 1.82) is 0 Å². The normalized spacial score (nSPS) is 20.4. The highest BCUT2D eigenvalue weighted by atomic mass is 16.6. The number of ether oxygens (including phenoxy) is 1. The zero-order valence-corrected chi connectivity index (χ0v) is 12.3. The Morgan fingerprint density at radius 1 is 1.35 bits per heavy atom. The van der Waals surface area contributed by atoms with Crippen LogP contribution in [-0.2, 0) is 14.3 Å². The maximum atomic E-state index is 12.2. The number of nitrogens with zero attached hydrogens (tertiary/aromatic N) is 1. The van der Waals surface area contributed by atoms with Gasteiger partial charge in [0.2, 0.25) is 5.91 Å². The molecule has 1 fully saturated rings. The van der Waals surface area contributed by atoms with E-state index >= 15 is 0 Å². The van der Waals surface area contributed by atoms with Gasteiger partial charge in [-0.2, -0.15) is 0 Å². The maximum absolute atomic E-state index is 12.2. The van der Waals surface area contributed by atoms with Crippen molar-refractivity contribution in [3.63, 3.8) is 0 Å². The number of rotatable bonds is 3. The third-order valence-electron chi connectivity index (χ3n) is 2.92. The number of amides is 2. The Balaban J connectivity index is 2.59. The number of hydrogen-bond acceptors (Lipinski definition) is 4. The molecule has 0 aliphatic carbocycles. The molecule has 1 aliphatic rings. The van der Waals surface area contributed by atoms with Gasteiger partial charge < -0.3 is 20.1 Å². The molecule has 114 valence electrons. The van der Waals surface area contributed by atoms with Gasteiger partial charge in [-0.3, -0.25) is 4.79 Å². The summed E-state index contributed by atoms with van der Waals surface area (Å²) in [5.41, 5.74) is -0.649. The van der Waals surface area contributed by atoms with E-state index in [1.807, 2.05) is 0 Å². The second-order valence-electron chi connectivity index (χ2n) is 5.90. The Kier molecular flexibility index (Phi) is 4.97. The number of aliphatic carboxylic acids is 1. The molecule has 7 nitrogen and oxygen atoms in total. The molecular formula is C13H22N2O5. The Morgan fingerprint density at radius 2 is 1.95 bits per heavy atom. The van der Waals surface area contributed by atoms with Gasteiger partial charge in [0.15, 0.2) is 0 Å². The first-order valence-corrected chi connectivity index (χ1v) is 6.64. The monoisotopic (exact) mass is 286 g/mol. The van der Waals surface area contributed by atoms with Gasteiger partial charge in [-0.25, -0.2) is 9.59 Å². The van der Waals surface area contributed by atoms with Gasteiger partial charge in [0.1, 0.15) is 17.7 Å². The molecule has 0 aromatic rings. The Morgan fingerprint density at radius 3 is 2.45 bits per heavy atom. The molecule has 1 aliphatic heterocycles. The molecule has 0 bridgehead atoms. The molecule has 2 amide bonds. The Bertz CT molecular complexity index is 402. The van der Waals surface area contributed by atoms with Crippen LogP contribution in [-0.4, -0.2) is 52.2 Å². The third kappa shape index (κ3) is 4.40. The predicted molar refractivity (Wildman–Crippen MR) is 71.2 cm³/mol. The number of carbonyl (C=O) groups is 3. The SMILES string of the molecule is CC(NC(=O)OC(C)(C)C)C(=O)N1CCC[C@H]1C(=O)O. The lowest BCUT2D eigenvalue weighted by atomic mass is 10.2. The minimum absolute atomic E-state index is 0.399. The molecule has 2 atom stereocenters. The number of nitrogens with one attached hydrogen (secondary N) is 1. The van der Waals surface area contributed by atoms with E-state index in [2.05, 4.69) is 5.32 Å². The van der Waals surface area contributed by atoms with Crippen molar-refractivity contribution in [1.82, 2.24) is 10.2 Å². The topological polar surface area (TPSA) is 95.9 Å². The molecular weight excluding hydrogens is 264 g/mol. The number of hydrogen-bond donors (Lipinski definition) is 2. The zero-order chi connectivity index (χ0) is 15.5. The van der Waals surface area contributed by atoms with Gasteiger partial charge in [-0.1, -0.05) is 0 Å². The zero-order valence-electron chi connectivity index (χ0n) is 12.3. The third-order valence-corrected chi connectivity index (χ3v) is 2.92.